The fourth-order valence-electron chi connectivity index (χ4n) is 2.51. The monoisotopic (exact) mass is 321 g/mol. The van der Waals surface area contributed by atoms with E-state index in [1.807, 2.05) is 67.7 Å². The van der Waals surface area contributed by atoms with E-state index in [0.29, 0.717) is 6.42 Å². The van der Waals surface area contributed by atoms with Gasteiger partial charge in [-0.1, -0.05) is 55.5 Å². The molecule has 0 spiro atoms. The van der Waals surface area contributed by atoms with Crippen molar-refractivity contribution < 1.29 is 9.53 Å². The molecule has 2 aromatic carbocycles. The molecular formula is C19H19N3O2. The fourth-order valence-corrected chi connectivity index (χ4v) is 2.51. The topological polar surface area (TPSA) is 66.5 Å². The minimum absolute atomic E-state index is 0.219. The summed E-state index contributed by atoms with van der Waals surface area (Å²) in [6.07, 6.45) is 2.04. The maximum Gasteiger partial charge on any atom is 0.428 e. The van der Waals surface area contributed by atoms with Crippen molar-refractivity contribution in [2.45, 2.75) is 20.0 Å². The summed E-state index contributed by atoms with van der Waals surface area (Å²) in [7, 11) is 0. The molecule has 0 aliphatic rings. The predicted molar refractivity (Wildman–Crippen MR) is 94.9 cm³/mol. The van der Waals surface area contributed by atoms with Crippen molar-refractivity contribution in [2.75, 3.05) is 0 Å². The number of fused-ring (bicyclic) bond motifs is 1. The molecule has 2 N–H and O–H groups in total. The summed E-state index contributed by atoms with van der Waals surface area (Å²) >= 11 is 0. The predicted octanol–water partition coefficient (Wildman–Crippen LogP) is 4.21. The molecule has 0 unspecified atom stereocenters. The van der Waals surface area contributed by atoms with Crippen LogP contribution in [0.25, 0.3) is 10.9 Å². The molecule has 5 nitrogen and oxygen atoms in total. The van der Waals surface area contributed by atoms with Gasteiger partial charge in [0.25, 0.3) is 0 Å². The molecule has 0 saturated heterocycles. The van der Waals surface area contributed by atoms with Gasteiger partial charge >= 0.3 is 6.09 Å². The van der Waals surface area contributed by atoms with E-state index in [4.69, 9.17) is 4.74 Å². The van der Waals surface area contributed by atoms with Crippen LogP contribution in [0.5, 0.6) is 0 Å². The van der Waals surface area contributed by atoms with Gasteiger partial charge in [0, 0.05) is 22.7 Å². The Morgan fingerprint density at radius 2 is 1.88 bits per heavy atom. The zero-order valence-corrected chi connectivity index (χ0v) is 13.5. The maximum atomic E-state index is 11.8. The second-order valence-electron chi connectivity index (χ2n) is 5.33. The number of hydrogen-bond donors (Lipinski definition) is 2. The van der Waals surface area contributed by atoms with Gasteiger partial charge in [-0.2, -0.15) is 5.10 Å². The first-order valence-corrected chi connectivity index (χ1v) is 7.87. The van der Waals surface area contributed by atoms with E-state index in [1.54, 1.807) is 0 Å². The van der Waals surface area contributed by atoms with Gasteiger partial charge in [0.2, 0.25) is 0 Å². The van der Waals surface area contributed by atoms with Crippen LogP contribution >= 0.6 is 0 Å². The molecule has 0 fully saturated rings. The van der Waals surface area contributed by atoms with Gasteiger partial charge in [-0.05, 0) is 18.1 Å². The smallest absolute Gasteiger partial charge is 0.428 e. The van der Waals surface area contributed by atoms with Crippen molar-refractivity contribution in [1.29, 1.82) is 0 Å². The summed E-state index contributed by atoms with van der Waals surface area (Å²) in [6, 6.07) is 17.5. The Bertz CT molecular complexity index is 853. The van der Waals surface area contributed by atoms with Crippen molar-refractivity contribution in [3.63, 3.8) is 0 Å². The minimum Gasteiger partial charge on any atom is -0.443 e. The molecule has 0 bridgehead atoms. The second-order valence-corrected chi connectivity index (χ2v) is 5.33. The van der Waals surface area contributed by atoms with Crippen molar-refractivity contribution in [1.82, 2.24) is 10.4 Å². The Morgan fingerprint density at radius 3 is 2.67 bits per heavy atom. The van der Waals surface area contributed by atoms with Crippen LogP contribution in [0.1, 0.15) is 24.5 Å². The van der Waals surface area contributed by atoms with Gasteiger partial charge in [0.15, 0.2) is 0 Å². The Hall–Kier alpha value is -3.08. The fraction of sp³-hybridized carbons (Fsp3) is 0.158. The first-order valence-electron chi connectivity index (χ1n) is 7.87. The standard InChI is InChI=1S/C19H19N3O2/c1-2-17(16-12-20-18-11-7-6-10-15(16)18)21-22-19(23)24-13-14-8-4-3-5-9-14/h3-12,20H,2,13H2,1H3,(H,22,23). The zero-order chi connectivity index (χ0) is 16.8. The number of ether oxygens (including phenoxy) is 1. The second kappa shape index (κ2) is 7.46. The highest BCUT2D eigenvalue weighted by Gasteiger charge is 2.09. The Kier molecular flexibility index (Phi) is 4.91. The summed E-state index contributed by atoms with van der Waals surface area (Å²) in [5.74, 6) is 0. The lowest BCUT2D eigenvalue weighted by Gasteiger charge is -2.06. The summed E-state index contributed by atoms with van der Waals surface area (Å²) in [5.41, 5.74) is 6.22. The number of hydrazone groups is 1. The van der Waals surface area contributed by atoms with Crippen molar-refractivity contribution in [3.8, 4) is 0 Å². The molecule has 1 amide bonds. The van der Waals surface area contributed by atoms with E-state index >= 15 is 0 Å². The molecule has 3 rings (SSSR count). The van der Waals surface area contributed by atoms with Gasteiger partial charge in [-0.15, -0.1) is 0 Å². The third-order valence-corrected chi connectivity index (χ3v) is 3.73. The number of hydrogen-bond acceptors (Lipinski definition) is 3. The quantitative estimate of drug-likeness (QED) is 0.546. The number of rotatable bonds is 5. The number of carbonyl (C=O) groups excluding carboxylic acids is 1. The molecule has 3 aromatic rings. The van der Waals surface area contributed by atoms with E-state index in [0.717, 1.165) is 27.7 Å². The summed E-state index contributed by atoms with van der Waals surface area (Å²) in [5, 5.41) is 5.30. The Labute approximate surface area is 140 Å². The first-order chi connectivity index (χ1) is 11.8. The summed E-state index contributed by atoms with van der Waals surface area (Å²) in [4.78, 5) is 15.0. The van der Waals surface area contributed by atoms with Crippen LogP contribution in [0.2, 0.25) is 0 Å². The molecule has 1 heterocycles. The highest BCUT2D eigenvalue weighted by atomic mass is 16.5. The number of nitrogens with one attached hydrogen (secondary N) is 2. The van der Waals surface area contributed by atoms with E-state index in [1.165, 1.54) is 0 Å². The normalized spacial score (nSPS) is 11.5. The molecule has 24 heavy (non-hydrogen) atoms. The summed E-state index contributed by atoms with van der Waals surface area (Å²) < 4.78 is 5.16. The van der Waals surface area contributed by atoms with Gasteiger partial charge in [0.1, 0.15) is 6.61 Å². The molecule has 0 saturated carbocycles. The third kappa shape index (κ3) is 3.63. The van der Waals surface area contributed by atoms with Crippen LogP contribution in [0.15, 0.2) is 65.9 Å². The summed E-state index contributed by atoms with van der Waals surface area (Å²) in [6.45, 7) is 2.22. The Morgan fingerprint density at radius 1 is 1.12 bits per heavy atom. The zero-order valence-electron chi connectivity index (χ0n) is 13.5. The van der Waals surface area contributed by atoms with E-state index < -0.39 is 6.09 Å². The first kappa shape index (κ1) is 15.8. The highest BCUT2D eigenvalue weighted by molar-refractivity contribution is 6.10. The van der Waals surface area contributed by atoms with Crippen molar-refractivity contribution in [3.05, 3.63) is 71.9 Å². The number of H-pyrrole nitrogens is 1. The average Bonchev–Trinajstić information content (AvgIpc) is 3.06. The number of amides is 1. The van der Waals surface area contributed by atoms with E-state index in [-0.39, 0.29) is 6.61 Å². The van der Waals surface area contributed by atoms with Gasteiger partial charge in [-0.3, -0.25) is 0 Å². The maximum absolute atomic E-state index is 11.8. The van der Waals surface area contributed by atoms with Crippen LogP contribution in [0.3, 0.4) is 0 Å². The van der Waals surface area contributed by atoms with Crippen LogP contribution in [0, 0.1) is 0 Å². The minimum atomic E-state index is -0.565. The number of carbonyl (C=O) groups is 1. The van der Waals surface area contributed by atoms with Crippen LogP contribution in [-0.2, 0) is 11.3 Å². The Balaban J connectivity index is 1.66. The molecule has 1 aromatic heterocycles. The number of aromatic nitrogens is 1. The van der Waals surface area contributed by atoms with Crippen LogP contribution in [0.4, 0.5) is 4.79 Å². The molecule has 0 aliphatic carbocycles. The molecule has 0 aliphatic heterocycles. The molecule has 122 valence electrons. The van der Waals surface area contributed by atoms with Crippen LogP contribution in [-0.4, -0.2) is 16.8 Å². The number of para-hydroxylation sites is 1. The van der Waals surface area contributed by atoms with Crippen molar-refractivity contribution in [2.24, 2.45) is 5.10 Å². The largest absolute Gasteiger partial charge is 0.443 e. The number of aromatic amines is 1. The van der Waals surface area contributed by atoms with E-state index in [2.05, 4.69) is 15.5 Å². The highest BCUT2D eigenvalue weighted by Crippen LogP contribution is 2.19. The van der Waals surface area contributed by atoms with E-state index in [9.17, 15) is 4.79 Å². The SMILES string of the molecule is CCC(=NNC(=O)OCc1ccccc1)c1c[nH]c2ccccc12. The van der Waals surface area contributed by atoms with Gasteiger partial charge in [0.05, 0.1) is 5.71 Å². The lowest BCUT2D eigenvalue weighted by Crippen LogP contribution is -2.20. The van der Waals surface area contributed by atoms with Gasteiger partial charge < -0.3 is 9.72 Å². The third-order valence-electron chi connectivity index (χ3n) is 3.73. The lowest BCUT2D eigenvalue weighted by molar-refractivity contribution is 0.140. The number of nitrogens with zero attached hydrogens (tertiary/aromatic N) is 1. The average molecular weight is 321 g/mol. The van der Waals surface area contributed by atoms with Gasteiger partial charge in [-0.25, -0.2) is 10.2 Å². The van der Waals surface area contributed by atoms with Crippen LogP contribution < -0.4 is 5.43 Å². The van der Waals surface area contributed by atoms with Crippen molar-refractivity contribution >= 4 is 22.7 Å². The number of benzene rings is 2. The molecule has 5 heteroatoms. The lowest BCUT2D eigenvalue weighted by atomic mass is 10.1. The molecular weight excluding hydrogens is 302 g/mol. The molecule has 0 radical (unpaired) electrons. The molecule has 0 atom stereocenters.